The Morgan fingerprint density at radius 1 is 1.21 bits per heavy atom. The van der Waals surface area contributed by atoms with Crippen molar-refractivity contribution in [2.45, 2.75) is 25.7 Å². The molecule has 10 heteroatoms. The molecule has 0 aliphatic carbocycles. The molecule has 9 nitrogen and oxygen atoms in total. The second kappa shape index (κ2) is 8.96. The van der Waals surface area contributed by atoms with Crippen LogP contribution in [0.1, 0.15) is 18.3 Å². The fourth-order valence-corrected chi connectivity index (χ4v) is 3.13. The van der Waals surface area contributed by atoms with E-state index in [0.717, 1.165) is 0 Å². The summed E-state index contributed by atoms with van der Waals surface area (Å²) in [6.45, 7) is 5.27. The Kier molecular flexibility index (Phi) is 6.68. The lowest BCUT2D eigenvalue weighted by Crippen LogP contribution is -2.15. The van der Waals surface area contributed by atoms with Crippen LogP contribution in [0.2, 0.25) is 0 Å². The molecule has 2 aromatic rings. The first-order chi connectivity index (χ1) is 13.2. The van der Waals surface area contributed by atoms with Gasteiger partial charge in [-0.25, -0.2) is 27.9 Å². The molecule has 1 heterocycles. The standard InChI is InChI=1S/C18H19N5O4S/c1-4-27-17(24)14(10-19)11-20-15-5-7-16(8-6-15)28(25,26)23-18-21-12(2)9-13(3)22-18/h5-9,11,20H,4H2,1-3H3,(H,21,22,23)/b14-11+. The first-order valence-electron chi connectivity index (χ1n) is 8.24. The summed E-state index contributed by atoms with van der Waals surface area (Å²) in [5, 5.41) is 11.7. The van der Waals surface area contributed by atoms with Crippen molar-refractivity contribution in [1.82, 2.24) is 9.97 Å². The van der Waals surface area contributed by atoms with Crippen molar-refractivity contribution >= 4 is 27.6 Å². The van der Waals surface area contributed by atoms with Crippen LogP contribution in [0.5, 0.6) is 0 Å². The zero-order valence-electron chi connectivity index (χ0n) is 15.6. The van der Waals surface area contributed by atoms with Crippen LogP contribution in [0.25, 0.3) is 0 Å². The molecule has 0 aliphatic heterocycles. The van der Waals surface area contributed by atoms with Gasteiger partial charge in [0.1, 0.15) is 6.07 Å². The number of nitrogens with one attached hydrogen (secondary N) is 2. The number of hydrogen-bond donors (Lipinski definition) is 2. The second-order valence-corrected chi connectivity index (χ2v) is 7.32. The van der Waals surface area contributed by atoms with E-state index in [4.69, 9.17) is 10.00 Å². The Morgan fingerprint density at radius 3 is 2.36 bits per heavy atom. The number of hydrogen-bond acceptors (Lipinski definition) is 8. The van der Waals surface area contributed by atoms with E-state index in [1.165, 1.54) is 30.5 Å². The zero-order valence-corrected chi connectivity index (χ0v) is 16.4. The first kappa shape index (κ1) is 20.9. The number of nitrogens with zero attached hydrogens (tertiary/aromatic N) is 3. The van der Waals surface area contributed by atoms with Crippen LogP contribution in [0.15, 0.2) is 47.0 Å². The smallest absolute Gasteiger partial charge is 0.350 e. The molecular weight excluding hydrogens is 382 g/mol. The van der Waals surface area contributed by atoms with Gasteiger partial charge in [0.2, 0.25) is 5.95 Å². The molecule has 146 valence electrons. The number of benzene rings is 1. The quantitative estimate of drug-likeness (QED) is 0.410. The average Bonchev–Trinajstić information content (AvgIpc) is 2.61. The van der Waals surface area contributed by atoms with E-state index < -0.39 is 16.0 Å². The van der Waals surface area contributed by atoms with E-state index in [1.54, 1.807) is 32.9 Å². The number of carbonyl (C=O) groups is 1. The van der Waals surface area contributed by atoms with Crippen molar-refractivity contribution in [2.24, 2.45) is 0 Å². The molecule has 0 saturated heterocycles. The van der Waals surface area contributed by atoms with E-state index in [2.05, 4.69) is 20.0 Å². The Labute approximate surface area is 163 Å². The number of ether oxygens (including phenoxy) is 1. The number of nitriles is 1. The Morgan fingerprint density at radius 2 is 1.82 bits per heavy atom. The summed E-state index contributed by atoms with van der Waals surface area (Å²) in [6, 6.07) is 9.20. The van der Waals surface area contributed by atoms with Gasteiger partial charge < -0.3 is 10.1 Å². The Balaban J connectivity index is 2.14. The summed E-state index contributed by atoms with van der Waals surface area (Å²) in [6.07, 6.45) is 1.20. The number of carbonyl (C=O) groups excluding carboxylic acids is 1. The molecule has 0 radical (unpaired) electrons. The van der Waals surface area contributed by atoms with Crippen molar-refractivity contribution in [3.63, 3.8) is 0 Å². The van der Waals surface area contributed by atoms with Crippen molar-refractivity contribution in [3.05, 3.63) is 53.5 Å². The summed E-state index contributed by atoms with van der Waals surface area (Å²) in [7, 11) is -3.86. The Bertz CT molecular complexity index is 1020. The molecule has 1 aromatic heterocycles. The van der Waals surface area contributed by atoms with Gasteiger partial charge in [0.05, 0.1) is 11.5 Å². The van der Waals surface area contributed by atoms with E-state index in [9.17, 15) is 13.2 Å². The van der Waals surface area contributed by atoms with Crippen LogP contribution in [0.4, 0.5) is 11.6 Å². The van der Waals surface area contributed by atoms with Gasteiger partial charge >= 0.3 is 5.97 Å². The molecule has 0 bridgehead atoms. The largest absolute Gasteiger partial charge is 0.462 e. The molecule has 0 spiro atoms. The number of anilines is 2. The van der Waals surface area contributed by atoms with Crippen LogP contribution in [0.3, 0.4) is 0 Å². The number of aromatic nitrogens is 2. The second-order valence-electron chi connectivity index (χ2n) is 5.64. The number of aryl methyl sites for hydroxylation is 2. The molecular formula is C18H19N5O4S. The van der Waals surface area contributed by atoms with Crippen LogP contribution in [0, 0.1) is 25.2 Å². The summed E-state index contributed by atoms with van der Waals surface area (Å²) < 4.78 is 32.1. The van der Waals surface area contributed by atoms with Gasteiger partial charge in [-0.3, -0.25) is 0 Å². The lowest BCUT2D eigenvalue weighted by Gasteiger charge is -2.09. The predicted octanol–water partition coefficient (Wildman–Crippen LogP) is 2.28. The summed E-state index contributed by atoms with van der Waals surface area (Å²) >= 11 is 0. The average molecular weight is 401 g/mol. The van der Waals surface area contributed by atoms with E-state index in [0.29, 0.717) is 17.1 Å². The SMILES string of the molecule is CCOC(=O)/C(C#N)=C/Nc1ccc(S(=O)(=O)Nc2nc(C)cc(C)n2)cc1. The van der Waals surface area contributed by atoms with Crippen molar-refractivity contribution < 1.29 is 17.9 Å². The first-order valence-corrected chi connectivity index (χ1v) is 9.72. The van der Waals surface area contributed by atoms with Gasteiger partial charge in [-0.1, -0.05) is 0 Å². The van der Waals surface area contributed by atoms with Gasteiger partial charge in [0.15, 0.2) is 5.57 Å². The summed E-state index contributed by atoms with van der Waals surface area (Å²) in [5.41, 5.74) is 1.57. The highest BCUT2D eigenvalue weighted by Gasteiger charge is 2.16. The monoisotopic (exact) mass is 401 g/mol. The molecule has 28 heavy (non-hydrogen) atoms. The highest BCUT2D eigenvalue weighted by atomic mass is 32.2. The molecule has 0 aliphatic rings. The van der Waals surface area contributed by atoms with Crippen LogP contribution in [-0.4, -0.2) is 31.0 Å². The normalized spacial score (nSPS) is 11.4. The summed E-state index contributed by atoms with van der Waals surface area (Å²) in [5.74, 6) is -0.745. The van der Waals surface area contributed by atoms with Crippen molar-refractivity contribution in [2.75, 3.05) is 16.6 Å². The van der Waals surface area contributed by atoms with Gasteiger partial charge in [-0.15, -0.1) is 0 Å². The lowest BCUT2D eigenvalue weighted by molar-refractivity contribution is -0.138. The van der Waals surface area contributed by atoms with Crippen LogP contribution >= 0.6 is 0 Å². The van der Waals surface area contributed by atoms with E-state index in [1.807, 2.05) is 0 Å². The zero-order chi connectivity index (χ0) is 20.7. The molecule has 0 saturated carbocycles. The van der Waals surface area contributed by atoms with Crippen LogP contribution < -0.4 is 10.0 Å². The molecule has 2 N–H and O–H groups in total. The number of sulfonamides is 1. The van der Waals surface area contributed by atoms with Gasteiger partial charge in [0.25, 0.3) is 10.0 Å². The minimum Gasteiger partial charge on any atom is -0.462 e. The third kappa shape index (κ3) is 5.52. The number of rotatable bonds is 7. The maximum atomic E-state index is 12.5. The summed E-state index contributed by atoms with van der Waals surface area (Å²) in [4.78, 5) is 19.7. The van der Waals surface area contributed by atoms with Crippen LogP contribution in [-0.2, 0) is 19.6 Å². The topological polar surface area (TPSA) is 134 Å². The predicted molar refractivity (Wildman–Crippen MR) is 103 cm³/mol. The molecule has 0 unspecified atom stereocenters. The minimum atomic E-state index is -3.86. The maximum absolute atomic E-state index is 12.5. The highest BCUT2D eigenvalue weighted by Crippen LogP contribution is 2.17. The fraction of sp³-hybridized carbons (Fsp3) is 0.222. The maximum Gasteiger partial charge on any atom is 0.350 e. The third-order valence-electron chi connectivity index (χ3n) is 3.37. The molecule has 2 rings (SSSR count). The van der Waals surface area contributed by atoms with E-state index in [-0.39, 0.29) is 23.0 Å². The van der Waals surface area contributed by atoms with Gasteiger partial charge in [0, 0.05) is 23.3 Å². The molecule has 0 amide bonds. The molecule has 0 fully saturated rings. The van der Waals surface area contributed by atoms with Gasteiger partial charge in [-0.2, -0.15) is 5.26 Å². The molecule has 1 aromatic carbocycles. The van der Waals surface area contributed by atoms with Crippen molar-refractivity contribution in [3.8, 4) is 6.07 Å². The molecule has 0 atom stereocenters. The van der Waals surface area contributed by atoms with Crippen molar-refractivity contribution in [1.29, 1.82) is 5.26 Å². The van der Waals surface area contributed by atoms with Gasteiger partial charge in [-0.05, 0) is 51.1 Å². The van der Waals surface area contributed by atoms with E-state index >= 15 is 0 Å². The Hall–Kier alpha value is -3.45. The number of esters is 1. The minimum absolute atomic E-state index is 0.00395. The fourth-order valence-electron chi connectivity index (χ4n) is 2.18. The third-order valence-corrected chi connectivity index (χ3v) is 4.72. The lowest BCUT2D eigenvalue weighted by atomic mass is 10.3. The highest BCUT2D eigenvalue weighted by molar-refractivity contribution is 7.92.